The number of carbonyl (C=O) groups excluding carboxylic acids is 2. The minimum atomic E-state index is -0.454. The average molecular weight is 589 g/mol. The van der Waals surface area contributed by atoms with Crippen molar-refractivity contribution in [3.05, 3.63) is 79.1 Å². The molecule has 1 heterocycles. The van der Waals surface area contributed by atoms with Crippen LogP contribution in [0.5, 0.6) is 11.5 Å². The van der Waals surface area contributed by atoms with Gasteiger partial charge < -0.3 is 14.4 Å². The van der Waals surface area contributed by atoms with Gasteiger partial charge in [-0.25, -0.2) is 0 Å². The highest BCUT2D eigenvalue weighted by Crippen LogP contribution is 2.51. The molecule has 5 rings (SSSR count). The maximum absolute atomic E-state index is 13.5. The van der Waals surface area contributed by atoms with Crippen molar-refractivity contribution in [1.82, 2.24) is 4.90 Å². The summed E-state index contributed by atoms with van der Waals surface area (Å²) in [6.45, 7) is 5.44. The van der Waals surface area contributed by atoms with Crippen molar-refractivity contribution in [2.45, 2.75) is 71.3 Å². The number of Topliss-reactive ketones (excluding diaryl/α,β-unsaturated/α-hetero) is 2. The van der Waals surface area contributed by atoms with E-state index in [4.69, 9.17) is 44.3 Å². The normalized spacial score (nSPS) is 17.9. The smallest absolute Gasteiger partial charge is 0.180 e. The standard InChI is InChI=1S/C31H32Cl3NO4/c1-3-13-35-23-7-5-9-25(36)29(23)28(30-24(35)8-6-10-26(30)37)19-15-22(34)31(27(16-19)38-4-2)39-17-18-11-12-20(32)21(33)14-18/h11-12,14-16,28H,3-10,13,17H2,1-2H3. The minimum absolute atomic E-state index is 0.112. The van der Waals surface area contributed by atoms with E-state index in [1.807, 2.05) is 25.1 Å². The van der Waals surface area contributed by atoms with Gasteiger partial charge in [-0.05, 0) is 74.4 Å². The summed E-state index contributed by atoms with van der Waals surface area (Å²) in [5.41, 5.74) is 5.24. The van der Waals surface area contributed by atoms with Crippen LogP contribution in [0.4, 0.5) is 0 Å². The zero-order chi connectivity index (χ0) is 27.7. The molecule has 2 aliphatic carbocycles. The predicted molar refractivity (Wildman–Crippen MR) is 155 cm³/mol. The molecule has 0 saturated carbocycles. The Morgan fingerprint density at radius 1 is 0.821 bits per heavy atom. The maximum Gasteiger partial charge on any atom is 0.180 e. The third kappa shape index (κ3) is 5.46. The van der Waals surface area contributed by atoms with Crippen molar-refractivity contribution in [3.8, 4) is 11.5 Å². The minimum Gasteiger partial charge on any atom is -0.490 e. The van der Waals surface area contributed by atoms with Gasteiger partial charge in [0.1, 0.15) is 6.61 Å². The molecule has 0 radical (unpaired) electrons. The molecule has 206 valence electrons. The largest absolute Gasteiger partial charge is 0.490 e. The first-order valence-corrected chi connectivity index (χ1v) is 14.8. The van der Waals surface area contributed by atoms with Crippen LogP contribution in [-0.4, -0.2) is 29.6 Å². The highest BCUT2D eigenvalue weighted by molar-refractivity contribution is 6.42. The lowest BCUT2D eigenvalue weighted by molar-refractivity contribution is -0.117. The van der Waals surface area contributed by atoms with E-state index in [2.05, 4.69) is 11.8 Å². The van der Waals surface area contributed by atoms with E-state index in [9.17, 15) is 9.59 Å². The van der Waals surface area contributed by atoms with E-state index in [-0.39, 0.29) is 18.2 Å². The molecule has 2 aromatic rings. The van der Waals surface area contributed by atoms with Crippen molar-refractivity contribution < 1.29 is 19.1 Å². The summed E-state index contributed by atoms with van der Waals surface area (Å²) in [7, 11) is 0. The number of rotatable bonds is 8. The topological polar surface area (TPSA) is 55.8 Å². The van der Waals surface area contributed by atoms with Gasteiger partial charge in [-0.15, -0.1) is 0 Å². The number of benzene rings is 2. The third-order valence-electron chi connectivity index (χ3n) is 7.57. The number of hydrogen-bond donors (Lipinski definition) is 0. The number of ketones is 2. The fourth-order valence-electron chi connectivity index (χ4n) is 5.99. The molecule has 0 spiro atoms. The van der Waals surface area contributed by atoms with Crippen LogP contribution < -0.4 is 9.47 Å². The lowest BCUT2D eigenvalue weighted by Gasteiger charge is -2.44. The molecule has 0 aromatic heterocycles. The first kappa shape index (κ1) is 28.1. The number of allylic oxidation sites excluding steroid dienone is 4. The van der Waals surface area contributed by atoms with Gasteiger partial charge in [0.15, 0.2) is 23.1 Å². The van der Waals surface area contributed by atoms with Crippen molar-refractivity contribution >= 4 is 46.4 Å². The van der Waals surface area contributed by atoms with Crippen molar-refractivity contribution in [2.75, 3.05) is 13.2 Å². The van der Waals surface area contributed by atoms with Gasteiger partial charge in [0.2, 0.25) is 0 Å². The Balaban J connectivity index is 1.60. The van der Waals surface area contributed by atoms with Gasteiger partial charge >= 0.3 is 0 Å². The van der Waals surface area contributed by atoms with Gasteiger partial charge in [-0.1, -0.05) is 47.8 Å². The van der Waals surface area contributed by atoms with Gasteiger partial charge in [-0.3, -0.25) is 9.59 Å². The van der Waals surface area contributed by atoms with Crippen LogP contribution in [0.1, 0.15) is 75.8 Å². The van der Waals surface area contributed by atoms with Crippen LogP contribution in [0, 0.1) is 0 Å². The third-order valence-corrected chi connectivity index (χ3v) is 8.59. The Labute approximate surface area is 244 Å². The molecule has 2 aromatic carbocycles. The molecule has 39 heavy (non-hydrogen) atoms. The Kier molecular flexibility index (Phi) is 8.60. The number of ether oxygens (including phenoxy) is 2. The van der Waals surface area contributed by atoms with Gasteiger partial charge in [0, 0.05) is 47.8 Å². The van der Waals surface area contributed by atoms with Gasteiger partial charge in [0.25, 0.3) is 0 Å². The fraction of sp³-hybridized carbons (Fsp3) is 0.419. The van der Waals surface area contributed by atoms with E-state index < -0.39 is 5.92 Å². The molecule has 0 bridgehead atoms. The Morgan fingerprint density at radius 3 is 2.08 bits per heavy atom. The SMILES string of the molecule is CCCN1C2=C(C(=O)CCC2)C(c2cc(Cl)c(OCc3ccc(Cl)c(Cl)c3)c(OCC)c2)C2=C1CCCC2=O. The molecule has 0 atom stereocenters. The van der Waals surface area contributed by atoms with Crippen molar-refractivity contribution in [3.63, 3.8) is 0 Å². The second-order valence-electron chi connectivity index (χ2n) is 10.2. The molecule has 0 saturated heterocycles. The summed E-state index contributed by atoms with van der Waals surface area (Å²) < 4.78 is 12.1. The second-order valence-corrected chi connectivity index (χ2v) is 11.4. The maximum atomic E-state index is 13.5. The van der Waals surface area contributed by atoms with E-state index in [0.29, 0.717) is 46.0 Å². The molecular formula is C31H32Cl3NO4. The molecule has 3 aliphatic rings. The summed E-state index contributed by atoms with van der Waals surface area (Å²) in [5, 5.41) is 1.28. The summed E-state index contributed by atoms with van der Waals surface area (Å²) in [4.78, 5) is 29.3. The zero-order valence-electron chi connectivity index (χ0n) is 22.2. The molecule has 0 amide bonds. The number of nitrogens with zero attached hydrogens (tertiary/aromatic N) is 1. The van der Waals surface area contributed by atoms with Crippen LogP contribution in [0.3, 0.4) is 0 Å². The summed E-state index contributed by atoms with van der Waals surface area (Å²) in [6.07, 6.45) is 5.23. The molecule has 8 heteroatoms. The molecule has 0 N–H and O–H groups in total. The van der Waals surface area contributed by atoms with E-state index >= 15 is 0 Å². The quantitative estimate of drug-likeness (QED) is 0.310. The first-order chi connectivity index (χ1) is 18.8. The molecule has 1 aliphatic heterocycles. The van der Waals surface area contributed by atoms with Crippen LogP contribution in [0.15, 0.2) is 52.9 Å². The second kappa shape index (κ2) is 12.0. The average Bonchev–Trinajstić information content (AvgIpc) is 2.91. The van der Waals surface area contributed by atoms with Crippen LogP contribution in [0.25, 0.3) is 0 Å². The lowest BCUT2D eigenvalue weighted by Crippen LogP contribution is -2.39. The van der Waals surface area contributed by atoms with E-state index in [1.54, 1.807) is 12.1 Å². The highest BCUT2D eigenvalue weighted by Gasteiger charge is 2.43. The summed E-state index contributed by atoms with van der Waals surface area (Å²) in [6, 6.07) is 9.03. The van der Waals surface area contributed by atoms with Crippen LogP contribution >= 0.6 is 34.8 Å². The lowest BCUT2D eigenvalue weighted by atomic mass is 9.71. The van der Waals surface area contributed by atoms with Crippen molar-refractivity contribution in [2.24, 2.45) is 0 Å². The number of halogens is 3. The fourth-order valence-corrected chi connectivity index (χ4v) is 6.58. The zero-order valence-corrected chi connectivity index (χ0v) is 24.5. The Bertz CT molecular complexity index is 1340. The van der Waals surface area contributed by atoms with Gasteiger partial charge in [-0.2, -0.15) is 0 Å². The number of hydrogen-bond acceptors (Lipinski definition) is 5. The monoisotopic (exact) mass is 587 g/mol. The van der Waals surface area contributed by atoms with Gasteiger partial charge in [0.05, 0.1) is 21.7 Å². The Hall–Kier alpha value is -2.47. The first-order valence-electron chi connectivity index (χ1n) is 13.7. The highest BCUT2D eigenvalue weighted by atomic mass is 35.5. The van der Waals surface area contributed by atoms with Crippen LogP contribution in [0.2, 0.25) is 15.1 Å². The molecule has 0 unspecified atom stereocenters. The molecule has 5 nitrogen and oxygen atoms in total. The predicted octanol–water partition coefficient (Wildman–Crippen LogP) is 8.45. The van der Waals surface area contributed by atoms with E-state index in [1.165, 1.54) is 0 Å². The Morgan fingerprint density at radius 2 is 1.49 bits per heavy atom. The summed E-state index contributed by atoms with van der Waals surface area (Å²) in [5.74, 6) is 0.657. The summed E-state index contributed by atoms with van der Waals surface area (Å²) >= 11 is 19.1. The molecular weight excluding hydrogens is 557 g/mol. The van der Waals surface area contributed by atoms with E-state index in [0.717, 1.165) is 72.3 Å². The van der Waals surface area contributed by atoms with Crippen molar-refractivity contribution in [1.29, 1.82) is 0 Å². The molecule has 0 fully saturated rings. The van der Waals surface area contributed by atoms with Crippen LogP contribution in [-0.2, 0) is 16.2 Å². The number of carbonyl (C=O) groups is 2.